The van der Waals surface area contributed by atoms with Gasteiger partial charge in [-0.25, -0.2) is 0 Å². The predicted octanol–water partition coefficient (Wildman–Crippen LogP) is 3.59. The van der Waals surface area contributed by atoms with Crippen molar-refractivity contribution in [1.29, 1.82) is 0 Å². The Kier molecular flexibility index (Phi) is 4.48. The molecule has 118 valence electrons. The fourth-order valence-electron chi connectivity index (χ4n) is 2.70. The molecular formula is C18H18N2O2S. The standard InChI is InChI=1S/C18H18N2O2S/c1-3-12-10-13(11(2)20-18(12)22)15-7-8-16(23-15)17(21)14-6-4-5-9-19-14/h4-6,8-10,15H,3,7H2,1-2H3,(H,20,22). The number of aryl methyl sites for hydroxylation is 2. The zero-order chi connectivity index (χ0) is 16.4. The third kappa shape index (κ3) is 3.15. The molecule has 0 amide bonds. The summed E-state index contributed by atoms with van der Waals surface area (Å²) in [5, 5.41) is 0.166. The first kappa shape index (κ1) is 15.7. The van der Waals surface area contributed by atoms with E-state index in [9.17, 15) is 9.59 Å². The molecule has 0 spiro atoms. The molecule has 0 aliphatic carbocycles. The third-order valence-corrected chi connectivity index (χ3v) is 5.33. The fourth-order valence-corrected chi connectivity index (χ4v) is 3.98. The van der Waals surface area contributed by atoms with Gasteiger partial charge in [0.05, 0.1) is 4.91 Å². The first-order valence-corrected chi connectivity index (χ1v) is 8.53. The van der Waals surface area contributed by atoms with Crippen LogP contribution in [0.25, 0.3) is 0 Å². The molecule has 0 bridgehead atoms. The van der Waals surface area contributed by atoms with E-state index in [1.54, 1.807) is 30.1 Å². The zero-order valence-electron chi connectivity index (χ0n) is 13.1. The number of pyridine rings is 2. The van der Waals surface area contributed by atoms with Gasteiger partial charge in [0.2, 0.25) is 5.78 Å². The number of carbonyl (C=O) groups is 1. The van der Waals surface area contributed by atoms with Crippen LogP contribution in [0.1, 0.15) is 45.9 Å². The summed E-state index contributed by atoms with van der Waals surface area (Å²) in [4.78, 5) is 32.1. The van der Waals surface area contributed by atoms with Crippen LogP contribution in [0.2, 0.25) is 0 Å². The molecule has 0 fully saturated rings. The summed E-state index contributed by atoms with van der Waals surface area (Å²) in [6.45, 7) is 3.88. The maximum atomic E-state index is 12.5. The smallest absolute Gasteiger partial charge is 0.251 e. The molecule has 3 heterocycles. The van der Waals surface area contributed by atoms with Crippen LogP contribution in [0.4, 0.5) is 0 Å². The molecule has 0 saturated carbocycles. The summed E-state index contributed by atoms with van der Waals surface area (Å²) in [5.41, 5.74) is 3.22. The van der Waals surface area contributed by atoms with Crippen LogP contribution in [0.3, 0.4) is 0 Å². The second-order valence-corrected chi connectivity index (χ2v) is 6.76. The lowest BCUT2D eigenvalue weighted by atomic mass is 10.0. The lowest BCUT2D eigenvalue weighted by Crippen LogP contribution is -2.15. The number of allylic oxidation sites excluding steroid dienone is 2. The SMILES string of the molecule is CCc1cc(C2CC=C(C(=O)c3ccccn3)S2)c(C)[nH]c1=O. The van der Waals surface area contributed by atoms with Crippen LogP contribution in [-0.4, -0.2) is 15.8 Å². The Balaban J connectivity index is 1.82. The van der Waals surface area contributed by atoms with E-state index in [-0.39, 0.29) is 16.6 Å². The molecule has 23 heavy (non-hydrogen) atoms. The van der Waals surface area contributed by atoms with Gasteiger partial charge in [-0.05, 0) is 43.5 Å². The largest absolute Gasteiger partial charge is 0.326 e. The van der Waals surface area contributed by atoms with Gasteiger partial charge < -0.3 is 4.98 Å². The van der Waals surface area contributed by atoms with Gasteiger partial charge in [-0.15, -0.1) is 11.8 Å². The van der Waals surface area contributed by atoms with Crippen molar-refractivity contribution < 1.29 is 4.79 Å². The van der Waals surface area contributed by atoms with E-state index in [1.165, 1.54) is 0 Å². The number of hydrogen-bond acceptors (Lipinski definition) is 4. The summed E-state index contributed by atoms with van der Waals surface area (Å²) < 4.78 is 0. The number of H-pyrrole nitrogens is 1. The molecular weight excluding hydrogens is 308 g/mol. The molecule has 1 aliphatic rings. The Morgan fingerprint density at radius 1 is 1.43 bits per heavy atom. The predicted molar refractivity (Wildman–Crippen MR) is 92.8 cm³/mol. The highest BCUT2D eigenvalue weighted by Crippen LogP contribution is 2.45. The second kappa shape index (κ2) is 6.54. The van der Waals surface area contributed by atoms with E-state index >= 15 is 0 Å². The summed E-state index contributed by atoms with van der Waals surface area (Å²) in [5.74, 6) is -0.0316. The molecule has 2 aromatic heterocycles. The van der Waals surface area contributed by atoms with Crippen molar-refractivity contribution >= 4 is 17.5 Å². The Labute approximate surface area is 139 Å². The van der Waals surface area contributed by atoms with E-state index in [4.69, 9.17) is 0 Å². The van der Waals surface area contributed by atoms with Gasteiger partial charge >= 0.3 is 0 Å². The van der Waals surface area contributed by atoms with Crippen molar-refractivity contribution in [3.8, 4) is 0 Å². The molecule has 1 unspecified atom stereocenters. The van der Waals surface area contributed by atoms with Crippen molar-refractivity contribution in [3.63, 3.8) is 0 Å². The number of aromatic amines is 1. The van der Waals surface area contributed by atoms with Crippen LogP contribution in [-0.2, 0) is 6.42 Å². The number of rotatable bonds is 4. The summed E-state index contributed by atoms with van der Waals surface area (Å²) in [7, 11) is 0. The third-order valence-electron chi connectivity index (χ3n) is 3.99. The van der Waals surface area contributed by atoms with Crippen molar-refractivity contribution in [2.45, 2.75) is 31.9 Å². The van der Waals surface area contributed by atoms with Crippen LogP contribution in [0.5, 0.6) is 0 Å². The molecule has 4 nitrogen and oxygen atoms in total. The molecule has 5 heteroatoms. The lowest BCUT2D eigenvalue weighted by Gasteiger charge is -2.14. The zero-order valence-corrected chi connectivity index (χ0v) is 13.9. The van der Waals surface area contributed by atoms with Crippen LogP contribution >= 0.6 is 11.8 Å². The van der Waals surface area contributed by atoms with Crippen molar-refractivity contribution in [2.75, 3.05) is 0 Å². The molecule has 1 aliphatic heterocycles. The number of carbonyl (C=O) groups excluding carboxylic acids is 1. The topological polar surface area (TPSA) is 62.8 Å². The number of ketones is 1. The van der Waals surface area contributed by atoms with E-state index in [0.717, 1.165) is 28.1 Å². The Morgan fingerprint density at radius 3 is 2.96 bits per heavy atom. The summed E-state index contributed by atoms with van der Waals surface area (Å²) in [6.07, 6.45) is 5.09. The Hall–Kier alpha value is -2.14. The van der Waals surface area contributed by atoms with Gasteiger partial charge in [0, 0.05) is 22.7 Å². The number of hydrogen-bond donors (Lipinski definition) is 1. The molecule has 0 aromatic carbocycles. The number of nitrogens with one attached hydrogen (secondary N) is 1. The van der Waals surface area contributed by atoms with Crippen molar-refractivity contribution in [3.05, 3.63) is 74.3 Å². The highest BCUT2D eigenvalue weighted by Gasteiger charge is 2.27. The van der Waals surface area contributed by atoms with Gasteiger partial charge in [-0.1, -0.05) is 19.1 Å². The normalized spacial score (nSPS) is 17.1. The first-order valence-electron chi connectivity index (χ1n) is 7.65. The first-order chi connectivity index (χ1) is 11.1. The number of aromatic nitrogens is 2. The highest BCUT2D eigenvalue weighted by molar-refractivity contribution is 8.04. The van der Waals surface area contributed by atoms with Crippen molar-refractivity contribution in [1.82, 2.24) is 9.97 Å². The molecule has 3 rings (SSSR count). The Bertz CT molecular complexity index is 825. The minimum atomic E-state index is -0.0316. The average molecular weight is 326 g/mol. The maximum Gasteiger partial charge on any atom is 0.251 e. The highest BCUT2D eigenvalue weighted by atomic mass is 32.2. The monoisotopic (exact) mass is 326 g/mol. The van der Waals surface area contributed by atoms with Crippen LogP contribution in [0, 0.1) is 6.92 Å². The van der Waals surface area contributed by atoms with E-state index in [1.807, 2.05) is 32.1 Å². The molecule has 2 aromatic rings. The van der Waals surface area contributed by atoms with E-state index < -0.39 is 0 Å². The van der Waals surface area contributed by atoms with Crippen LogP contribution < -0.4 is 5.56 Å². The minimum absolute atomic E-state index is 0.0190. The fraction of sp³-hybridized carbons (Fsp3) is 0.278. The molecule has 0 radical (unpaired) electrons. The van der Waals surface area contributed by atoms with Gasteiger partial charge in [0.15, 0.2) is 0 Å². The summed E-state index contributed by atoms with van der Waals surface area (Å²) >= 11 is 1.56. The minimum Gasteiger partial charge on any atom is -0.326 e. The van der Waals surface area contributed by atoms with Crippen LogP contribution in [0.15, 0.2) is 46.2 Å². The van der Waals surface area contributed by atoms with Gasteiger partial charge in [0.1, 0.15) is 5.69 Å². The molecule has 1 N–H and O–H groups in total. The summed E-state index contributed by atoms with van der Waals surface area (Å²) in [6, 6.07) is 7.33. The molecule has 0 saturated heterocycles. The quantitative estimate of drug-likeness (QED) is 0.872. The van der Waals surface area contributed by atoms with Gasteiger partial charge in [0.25, 0.3) is 5.56 Å². The molecule has 1 atom stereocenters. The number of thioether (sulfide) groups is 1. The average Bonchev–Trinajstić information content (AvgIpc) is 3.05. The Morgan fingerprint density at radius 2 is 2.26 bits per heavy atom. The van der Waals surface area contributed by atoms with E-state index in [2.05, 4.69) is 9.97 Å². The van der Waals surface area contributed by atoms with E-state index in [0.29, 0.717) is 12.1 Å². The maximum absolute atomic E-state index is 12.5. The van der Waals surface area contributed by atoms with Gasteiger partial charge in [-0.2, -0.15) is 0 Å². The second-order valence-electron chi connectivity index (χ2n) is 5.51. The number of nitrogens with zero attached hydrogens (tertiary/aromatic N) is 1. The lowest BCUT2D eigenvalue weighted by molar-refractivity contribution is 0.103. The van der Waals surface area contributed by atoms with Crippen molar-refractivity contribution in [2.24, 2.45) is 0 Å². The van der Waals surface area contributed by atoms with Gasteiger partial charge in [-0.3, -0.25) is 14.6 Å². The number of Topliss-reactive ketones (excluding diaryl/α,β-unsaturated/α-hetero) is 1.